The lowest BCUT2D eigenvalue weighted by Gasteiger charge is -2.17. The Morgan fingerprint density at radius 1 is 1.27 bits per heavy atom. The van der Waals surface area contributed by atoms with Gasteiger partial charge in [-0.3, -0.25) is 0 Å². The molecule has 0 amide bonds. The van der Waals surface area contributed by atoms with Gasteiger partial charge in [0.05, 0.1) is 5.38 Å². The Morgan fingerprint density at radius 3 is 2.27 bits per heavy atom. The molecule has 0 aliphatic rings. The summed E-state index contributed by atoms with van der Waals surface area (Å²) in [5.74, 6) is 0.186. The highest BCUT2D eigenvalue weighted by atomic mass is 35.5. The third-order valence-corrected chi connectivity index (χ3v) is 3.21. The van der Waals surface area contributed by atoms with Crippen molar-refractivity contribution in [3.63, 3.8) is 0 Å². The summed E-state index contributed by atoms with van der Waals surface area (Å²) in [6, 6.07) is 6.30. The first-order valence-electron chi connectivity index (χ1n) is 5.20. The zero-order chi connectivity index (χ0) is 11.4. The van der Waals surface area contributed by atoms with Crippen molar-refractivity contribution >= 4 is 17.9 Å². The van der Waals surface area contributed by atoms with Crippen molar-refractivity contribution < 1.29 is 4.79 Å². The quantitative estimate of drug-likeness (QED) is 0.562. The summed E-state index contributed by atoms with van der Waals surface area (Å²) in [6.07, 6.45) is 1.45. The number of aldehydes is 1. The van der Waals surface area contributed by atoms with Crippen LogP contribution in [0.2, 0.25) is 0 Å². The van der Waals surface area contributed by atoms with Gasteiger partial charge in [-0.1, -0.05) is 36.2 Å². The molecule has 0 heterocycles. The monoisotopic (exact) mass is 224 g/mol. The molecule has 1 nitrogen and oxygen atoms in total. The number of carbonyl (C=O) groups is 1. The van der Waals surface area contributed by atoms with E-state index in [9.17, 15) is 4.79 Å². The molecule has 2 heteroatoms. The van der Waals surface area contributed by atoms with Crippen LogP contribution in [0.1, 0.15) is 35.4 Å². The molecule has 0 aliphatic carbocycles. The van der Waals surface area contributed by atoms with Gasteiger partial charge in [0.15, 0.2) is 0 Å². The maximum atomic E-state index is 10.4. The van der Waals surface area contributed by atoms with Gasteiger partial charge in [0.1, 0.15) is 6.29 Å². The number of halogens is 1. The molecule has 2 atom stereocenters. The molecule has 1 aromatic carbocycles. The summed E-state index contributed by atoms with van der Waals surface area (Å²) in [5, 5.41) is -0.0752. The van der Waals surface area contributed by atoms with Gasteiger partial charge in [0.25, 0.3) is 0 Å². The number of benzene rings is 1. The number of aryl methyl sites for hydroxylation is 2. The molecule has 0 spiro atoms. The molecule has 0 saturated heterocycles. The molecular weight excluding hydrogens is 208 g/mol. The van der Waals surface area contributed by atoms with Gasteiger partial charge in [0, 0.05) is 6.42 Å². The number of alkyl halides is 1. The number of hydrogen-bond acceptors (Lipinski definition) is 1. The summed E-state index contributed by atoms with van der Waals surface area (Å²) < 4.78 is 0. The van der Waals surface area contributed by atoms with Crippen molar-refractivity contribution in [1.29, 1.82) is 0 Å². The Labute approximate surface area is 96.5 Å². The van der Waals surface area contributed by atoms with E-state index in [4.69, 9.17) is 11.6 Å². The number of carbonyl (C=O) groups excluding carboxylic acids is 1. The average Bonchev–Trinajstić information content (AvgIpc) is 2.15. The second-order valence-corrected chi connectivity index (χ2v) is 4.67. The fraction of sp³-hybridized carbons (Fsp3) is 0.462. The first-order chi connectivity index (χ1) is 7.04. The highest BCUT2D eigenvalue weighted by molar-refractivity contribution is 6.21. The van der Waals surface area contributed by atoms with E-state index in [0.29, 0.717) is 6.42 Å². The molecule has 2 unspecified atom stereocenters. The number of hydrogen-bond donors (Lipinski definition) is 0. The van der Waals surface area contributed by atoms with Crippen LogP contribution in [0.3, 0.4) is 0 Å². The van der Waals surface area contributed by atoms with Gasteiger partial charge in [0.2, 0.25) is 0 Å². The van der Waals surface area contributed by atoms with Crippen LogP contribution in [-0.2, 0) is 4.79 Å². The van der Waals surface area contributed by atoms with Gasteiger partial charge in [-0.05, 0) is 25.3 Å². The first kappa shape index (κ1) is 12.3. The van der Waals surface area contributed by atoms with Gasteiger partial charge in [-0.2, -0.15) is 0 Å². The maximum Gasteiger partial charge on any atom is 0.120 e. The molecule has 0 bridgehead atoms. The number of rotatable bonds is 4. The van der Waals surface area contributed by atoms with Crippen molar-refractivity contribution in [1.82, 2.24) is 0 Å². The Morgan fingerprint density at radius 2 is 1.80 bits per heavy atom. The van der Waals surface area contributed by atoms with E-state index < -0.39 is 0 Å². The zero-order valence-corrected chi connectivity index (χ0v) is 10.2. The van der Waals surface area contributed by atoms with Gasteiger partial charge < -0.3 is 4.79 Å². The summed E-state index contributed by atoms with van der Waals surface area (Å²) in [7, 11) is 0. The SMILES string of the molecule is Cc1cc(C)cc(C(Cl)C(C)CC=O)c1. The average molecular weight is 225 g/mol. The van der Waals surface area contributed by atoms with Crippen LogP contribution >= 0.6 is 11.6 Å². The molecule has 0 aliphatic heterocycles. The summed E-state index contributed by atoms with van der Waals surface area (Å²) in [6.45, 7) is 6.12. The minimum atomic E-state index is -0.0752. The second-order valence-electron chi connectivity index (χ2n) is 4.20. The lowest BCUT2D eigenvalue weighted by atomic mass is 9.95. The topological polar surface area (TPSA) is 17.1 Å². The van der Waals surface area contributed by atoms with E-state index in [1.54, 1.807) is 0 Å². The van der Waals surface area contributed by atoms with E-state index in [2.05, 4.69) is 32.0 Å². The lowest BCUT2D eigenvalue weighted by molar-refractivity contribution is -0.108. The maximum absolute atomic E-state index is 10.4. The normalized spacial score (nSPS) is 14.7. The fourth-order valence-electron chi connectivity index (χ4n) is 1.77. The largest absolute Gasteiger partial charge is 0.303 e. The third-order valence-electron chi connectivity index (χ3n) is 2.53. The molecule has 0 N–H and O–H groups in total. The minimum Gasteiger partial charge on any atom is -0.303 e. The minimum absolute atomic E-state index is 0.0752. The van der Waals surface area contributed by atoms with Crippen molar-refractivity contribution in [3.8, 4) is 0 Å². The fourth-order valence-corrected chi connectivity index (χ4v) is 2.00. The van der Waals surface area contributed by atoms with Gasteiger partial charge in [-0.25, -0.2) is 0 Å². The molecule has 0 fully saturated rings. The van der Waals surface area contributed by atoms with E-state index in [0.717, 1.165) is 11.8 Å². The van der Waals surface area contributed by atoms with Crippen molar-refractivity contribution in [2.24, 2.45) is 5.92 Å². The standard InChI is InChI=1S/C13H17ClO/c1-9-6-10(2)8-12(7-9)13(14)11(3)4-5-15/h5-8,11,13H,4H2,1-3H3. The molecule has 0 radical (unpaired) electrons. The molecule has 1 rings (SSSR count). The molecule has 0 saturated carbocycles. The van der Waals surface area contributed by atoms with Crippen molar-refractivity contribution in [2.75, 3.05) is 0 Å². The molecular formula is C13H17ClO. The lowest BCUT2D eigenvalue weighted by Crippen LogP contribution is -2.05. The summed E-state index contributed by atoms with van der Waals surface area (Å²) in [4.78, 5) is 10.4. The summed E-state index contributed by atoms with van der Waals surface area (Å²) >= 11 is 6.32. The Hall–Kier alpha value is -0.820. The highest BCUT2D eigenvalue weighted by Gasteiger charge is 2.16. The van der Waals surface area contributed by atoms with Gasteiger partial charge in [-0.15, -0.1) is 11.6 Å². The predicted molar refractivity (Wildman–Crippen MR) is 64.4 cm³/mol. The first-order valence-corrected chi connectivity index (χ1v) is 5.64. The molecule has 0 aromatic heterocycles. The zero-order valence-electron chi connectivity index (χ0n) is 9.46. The van der Waals surface area contributed by atoms with Gasteiger partial charge >= 0.3 is 0 Å². The van der Waals surface area contributed by atoms with E-state index >= 15 is 0 Å². The van der Waals surface area contributed by atoms with E-state index in [1.165, 1.54) is 11.1 Å². The molecule has 15 heavy (non-hydrogen) atoms. The Bertz CT molecular complexity index is 326. The molecule has 82 valence electrons. The molecule has 1 aromatic rings. The van der Waals surface area contributed by atoms with Crippen LogP contribution in [0.5, 0.6) is 0 Å². The second kappa shape index (κ2) is 5.32. The van der Waals surface area contributed by atoms with Crippen LogP contribution in [0.4, 0.5) is 0 Å². The Balaban J connectivity index is 2.89. The van der Waals surface area contributed by atoms with E-state index in [1.807, 2.05) is 6.92 Å². The predicted octanol–water partition coefficient (Wildman–Crippen LogP) is 3.81. The van der Waals surface area contributed by atoms with Crippen LogP contribution < -0.4 is 0 Å². The highest BCUT2D eigenvalue weighted by Crippen LogP contribution is 2.31. The Kier molecular flexibility index (Phi) is 4.34. The van der Waals surface area contributed by atoms with Crippen LogP contribution in [-0.4, -0.2) is 6.29 Å². The van der Waals surface area contributed by atoms with Crippen LogP contribution in [0.25, 0.3) is 0 Å². The smallest absolute Gasteiger partial charge is 0.120 e. The van der Waals surface area contributed by atoms with Crippen molar-refractivity contribution in [3.05, 3.63) is 34.9 Å². The summed E-state index contributed by atoms with van der Waals surface area (Å²) in [5.41, 5.74) is 3.55. The van der Waals surface area contributed by atoms with E-state index in [-0.39, 0.29) is 11.3 Å². The van der Waals surface area contributed by atoms with Crippen LogP contribution in [0.15, 0.2) is 18.2 Å². The van der Waals surface area contributed by atoms with Crippen molar-refractivity contribution in [2.45, 2.75) is 32.6 Å². The third kappa shape index (κ3) is 3.35. The van der Waals surface area contributed by atoms with Crippen LogP contribution in [0, 0.1) is 19.8 Å².